The van der Waals surface area contributed by atoms with E-state index in [-0.39, 0.29) is 17.2 Å². The first kappa shape index (κ1) is 14.8. The number of pyridine rings is 1. The molecule has 1 atom stereocenters. The van der Waals surface area contributed by atoms with Crippen molar-refractivity contribution in [2.75, 3.05) is 18.8 Å². The monoisotopic (exact) mass is 294 g/mol. The van der Waals surface area contributed by atoms with Gasteiger partial charge in [-0.15, -0.1) is 0 Å². The van der Waals surface area contributed by atoms with E-state index in [0.717, 1.165) is 36.8 Å². The Hall–Kier alpha value is -1.60. The molecule has 7 heteroatoms. The van der Waals surface area contributed by atoms with E-state index in [0.29, 0.717) is 12.3 Å². The Morgan fingerprint density at radius 1 is 1.50 bits per heavy atom. The maximum Gasteiger partial charge on any atom is 0.279 e. The third-order valence-electron chi connectivity index (χ3n) is 2.87. The zero-order chi connectivity index (χ0) is 14.2. The van der Waals surface area contributed by atoms with E-state index in [1.54, 1.807) is 6.20 Å². The van der Waals surface area contributed by atoms with Crippen LogP contribution in [-0.2, 0) is 11.3 Å². The molecule has 3 N–H and O–H groups in total. The van der Waals surface area contributed by atoms with Crippen molar-refractivity contribution in [3.8, 4) is 0 Å². The minimum absolute atomic E-state index is 0.101. The third-order valence-corrected chi connectivity index (χ3v) is 3.75. The fraction of sp³-hybridized carbons (Fsp3) is 0.462. The van der Waals surface area contributed by atoms with E-state index in [2.05, 4.69) is 20.9 Å². The van der Waals surface area contributed by atoms with Crippen molar-refractivity contribution >= 4 is 22.9 Å². The number of hydrogen-bond acceptors (Lipinski definition) is 5. The lowest BCUT2D eigenvalue weighted by molar-refractivity contribution is -0.122. The number of aromatic nitrogens is 1. The van der Waals surface area contributed by atoms with Gasteiger partial charge in [0.25, 0.3) is 5.24 Å². The van der Waals surface area contributed by atoms with Gasteiger partial charge in [-0.3, -0.25) is 14.6 Å². The van der Waals surface area contributed by atoms with Crippen molar-refractivity contribution in [2.45, 2.75) is 19.0 Å². The Labute approximate surface area is 122 Å². The van der Waals surface area contributed by atoms with Gasteiger partial charge in [0.05, 0.1) is 0 Å². The molecule has 108 valence electrons. The lowest BCUT2D eigenvalue weighted by Gasteiger charge is -2.10. The normalized spacial score (nSPS) is 17.8. The molecule has 1 saturated heterocycles. The van der Waals surface area contributed by atoms with Gasteiger partial charge in [0.2, 0.25) is 5.91 Å². The number of carbonyl (C=O) groups is 2. The smallest absolute Gasteiger partial charge is 0.279 e. The van der Waals surface area contributed by atoms with Crippen LogP contribution in [-0.4, -0.2) is 41.0 Å². The lowest BCUT2D eigenvalue weighted by Crippen LogP contribution is -2.43. The van der Waals surface area contributed by atoms with Gasteiger partial charge in [-0.2, -0.15) is 0 Å². The van der Waals surface area contributed by atoms with Crippen LogP contribution in [0.3, 0.4) is 0 Å². The fourth-order valence-corrected chi connectivity index (χ4v) is 2.59. The molecule has 0 aliphatic carbocycles. The van der Waals surface area contributed by atoms with Crippen LogP contribution in [0.15, 0.2) is 24.5 Å². The molecule has 0 spiro atoms. The fourth-order valence-electron chi connectivity index (χ4n) is 1.81. The third kappa shape index (κ3) is 4.82. The summed E-state index contributed by atoms with van der Waals surface area (Å²) in [6.07, 6.45) is 4.42. The van der Waals surface area contributed by atoms with Gasteiger partial charge < -0.3 is 16.0 Å². The summed E-state index contributed by atoms with van der Waals surface area (Å²) in [7, 11) is 0. The Balaban J connectivity index is 1.51. The minimum atomic E-state index is -0.379. The molecule has 20 heavy (non-hydrogen) atoms. The van der Waals surface area contributed by atoms with Crippen LogP contribution >= 0.6 is 11.8 Å². The highest BCUT2D eigenvalue weighted by molar-refractivity contribution is 8.14. The summed E-state index contributed by atoms with van der Waals surface area (Å²) in [5.41, 5.74) is 1.14. The van der Waals surface area contributed by atoms with Gasteiger partial charge >= 0.3 is 0 Å². The predicted octanol–water partition coefficient (Wildman–Crippen LogP) is 0.503. The number of rotatable bonds is 7. The molecule has 1 fully saturated rings. The Bertz CT molecular complexity index is 455. The van der Waals surface area contributed by atoms with Crippen molar-refractivity contribution in [1.29, 1.82) is 0 Å². The lowest BCUT2D eigenvalue weighted by atomic mass is 10.3. The molecular weight excluding hydrogens is 276 g/mol. The van der Waals surface area contributed by atoms with E-state index in [9.17, 15) is 9.59 Å². The molecule has 1 aromatic heterocycles. The molecule has 1 aliphatic heterocycles. The maximum absolute atomic E-state index is 11.7. The van der Waals surface area contributed by atoms with Crippen molar-refractivity contribution in [3.63, 3.8) is 0 Å². The number of nitrogens with one attached hydrogen (secondary N) is 3. The minimum Gasteiger partial charge on any atom is -0.354 e. The topological polar surface area (TPSA) is 83.1 Å². The number of carbonyl (C=O) groups excluding carboxylic acids is 2. The second-order valence-corrected chi connectivity index (χ2v) is 5.47. The summed E-state index contributed by atoms with van der Waals surface area (Å²) in [6, 6.07) is 3.55. The van der Waals surface area contributed by atoms with E-state index in [1.165, 1.54) is 0 Å². The quantitative estimate of drug-likeness (QED) is 0.638. The van der Waals surface area contributed by atoms with Crippen LogP contribution in [0.25, 0.3) is 0 Å². The van der Waals surface area contributed by atoms with Crippen LogP contribution in [0.4, 0.5) is 4.79 Å². The van der Waals surface area contributed by atoms with E-state index in [1.807, 2.05) is 18.3 Å². The first-order chi connectivity index (χ1) is 9.75. The Kier molecular flexibility index (Phi) is 5.82. The van der Waals surface area contributed by atoms with Gasteiger partial charge in [0.1, 0.15) is 6.04 Å². The first-order valence-electron chi connectivity index (χ1n) is 6.56. The van der Waals surface area contributed by atoms with Crippen molar-refractivity contribution in [2.24, 2.45) is 0 Å². The Morgan fingerprint density at radius 3 is 3.10 bits per heavy atom. The molecule has 1 aliphatic rings. The second-order valence-electron chi connectivity index (χ2n) is 4.48. The summed E-state index contributed by atoms with van der Waals surface area (Å²) in [4.78, 5) is 26.7. The molecule has 6 nitrogen and oxygen atoms in total. The van der Waals surface area contributed by atoms with Crippen molar-refractivity contribution < 1.29 is 9.59 Å². The van der Waals surface area contributed by atoms with Gasteiger partial charge in [0, 0.05) is 31.2 Å². The van der Waals surface area contributed by atoms with Gasteiger partial charge in [-0.25, -0.2) is 0 Å². The van der Waals surface area contributed by atoms with Crippen LogP contribution in [0.2, 0.25) is 0 Å². The second kappa shape index (κ2) is 7.86. The molecule has 1 unspecified atom stereocenters. The molecule has 2 amide bonds. The molecule has 0 bridgehead atoms. The Morgan fingerprint density at radius 2 is 2.40 bits per heavy atom. The summed E-state index contributed by atoms with van der Waals surface area (Å²) < 4.78 is 0. The molecule has 0 aromatic carbocycles. The standard InChI is InChI=1S/C13H18N4O2S/c18-12(11-9-20-13(19)17-11)16-6-2-5-15-8-10-3-1-4-14-7-10/h1,3-4,7,11,15H,2,5-6,8-9H2,(H,16,18)(H,17,19). The highest BCUT2D eigenvalue weighted by atomic mass is 32.2. The highest BCUT2D eigenvalue weighted by Gasteiger charge is 2.27. The van der Waals surface area contributed by atoms with Crippen LogP contribution in [0, 0.1) is 0 Å². The highest BCUT2D eigenvalue weighted by Crippen LogP contribution is 2.12. The van der Waals surface area contributed by atoms with Crippen molar-refractivity contribution in [1.82, 2.24) is 20.9 Å². The molecule has 2 rings (SSSR count). The summed E-state index contributed by atoms with van der Waals surface area (Å²) >= 11 is 1.15. The first-order valence-corrected chi connectivity index (χ1v) is 7.55. The van der Waals surface area contributed by atoms with Crippen LogP contribution in [0.1, 0.15) is 12.0 Å². The van der Waals surface area contributed by atoms with Gasteiger partial charge in [-0.05, 0) is 24.6 Å². The maximum atomic E-state index is 11.7. The van der Waals surface area contributed by atoms with Crippen LogP contribution < -0.4 is 16.0 Å². The molecule has 2 heterocycles. The van der Waals surface area contributed by atoms with E-state index in [4.69, 9.17) is 0 Å². The van der Waals surface area contributed by atoms with Crippen molar-refractivity contribution in [3.05, 3.63) is 30.1 Å². The van der Waals surface area contributed by atoms with E-state index < -0.39 is 0 Å². The predicted molar refractivity (Wildman–Crippen MR) is 78.3 cm³/mol. The largest absolute Gasteiger partial charge is 0.354 e. The molecule has 0 saturated carbocycles. The van der Waals surface area contributed by atoms with Crippen LogP contribution in [0.5, 0.6) is 0 Å². The number of hydrogen-bond donors (Lipinski definition) is 3. The van der Waals surface area contributed by atoms with E-state index >= 15 is 0 Å². The molecule has 1 aromatic rings. The molecular formula is C13H18N4O2S. The SMILES string of the molecule is O=C1NC(C(=O)NCCCNCc2cccnc2)CS1. The number of amides is 2. The number of nitrogens with zero attached hydrogens (tertiary/aromatic N) is 1. The molecule has 0 radical (unpaired) electrons. The average Bonchev–Trinajstić information content (AvgIpc) is 2.90. The summed E-state index contributed by atoms with van der Waals surface area (Å²) in [5, 5.41) is 8.61. The zero-order valence-corrected chi connectivity index (χ0v) is 11.9. The van der Waals surface area contributed by atoms with Gasteiger partial charge in [-0.1, -0.05) is 17.8 Å². The summed E-state index contributed by atoms with van der Waals surface area (Å²) in [6.45, 7) is 2.20. The number of thioether (sulfide) groups is 1. The zero-order valence-electron chi connectivity index (χ0n) is 11.1. The van der Waals surface area contributed by atoms with Gasteiger partial charge in [0.15, 0.2) is 0 Å². The average molecular weight is 294 g/mol. The summed E-state index contributed by atoms with van der Waals surface area (Å²) in [5.74, 6) is 0.416.